The lowest BCUT2D eigenvalue weighted by molar-refractivity contribution is -0.0000881. The smallest absolute Gasteiger partial charge is 0.267 e. The summed E-state index contributed by atoms with van der Waals surface area (Å²) < 4.78 is 5.68. The van der Waals surface area contributed by atoms with Crippen LogP contribution in [0.25, 0.3) is 0 Å². The Bertz CT molecular complexity index is 509. The van der Waals surface area contributed by atoms with Gasteiger partial charge < -0.3 is 20.7 Å². The minimum absolute atomic E-state index is 0.0666. The number of nitrogen functional groups attached to an aromatic ring is 1. The second-order valence-electron chi connectivity index (χ2n) is 5.83. The normalized spacial score (nSPS) is 22.0. The Hall–Kier alpha value is -1.34. The van der Waals surface area contributed by atoms with Crippen LogP contribution in [0.5, 0.6) is 0 Å². The first-order valence-electron chi connectivity index (χ1n) is 7.53. The van der Waals surface area contributed by atoms with Crippen molar-refractivity contribution in [2.45, 2.75) is 44.2 Å². The molecule has 3 rings (SSSR count). The van der Waals surface area contributed by atoms with Crippen molar-refractivity contribution in [1.29, 1.82) is 0 Å². The molecule has 116 valence electrons. The summed E-state index contributed by atoms with van der Waals surface area (Å²) in [5.74, 6) is 0.257. The van der Waals surface area contributed by atoms with E-state index in [-0.39, 0.29) is 12.0 Å². The Balaban J connectivity index is 1.61. The van der Waals surface area contributed by atoms with Gasteiger partial charge in [-0.2, -0.15) is 0 Å². The Morgan fingerprint density at radius 3 is 2.95 bits per heavy atom. The third kappa shape index (κ3) is 3.65. The Morgan fingerprint density at radius 1 is 1.48 bits per heavy atom. The fourth-order valence-corrected chi connectivity index (χ4v) is 3.42. The standard InChI is InChI=1S/C14H22N4O2S/c1-18(8-10-4-2-3-7-20-10)13(19)11-12(15)17-14(21-11)16-9-5-6-9/h9-10H,2-8,15H2,1H3,(H,16,17). The minimum Gasteiger partial charge on any atom is -0.382 e. The molecule has 3 N–H and O–H groups in total. The molecular weight excluding hydrogens is 288 g/mol. The van der Waals surface area contributed by atoms with E-state index in [1.807, 2.05) is 0 Å². The minimum atomic E-state index is -0.0666. The first-order valence-corrected chi connectivity index (χ1v) is 8.35. The summed E-state index contributed by atoms with van der Waals surface area (Å²) in [6.45, 7) is 1.41. The molecule has 1 aliphatic carbocycles. The van der Waals surface area contributed by atoms with E-state index in [0.717, 1.165) is 24.6 Å². The third-order valence-corrected chi connectivity index (χ3v) is 4.84. The van der Waals surface area contributed by atoms with Gasteiger partial charge in [0.2, 0.25) is 0 Å². The van der Waals surface area contributed by atoms with Gasteiger partial charge in [0.25, 0.3) is 5.91 Å². The molecule has 1 saturated carbocycles. The molecule has 1 unspecified atom stereocenters. The van der Waals surface area contributed by atoms with Gasteiger partial charge in [0.1, 0.15) is 10.7 Å². The van der Waals surface area contributed by atoms with Gasteiger partial charge in [0.05, 0.1) is 6.10 Å². The molecule has 1 atom stereocenters. The maximum atomic E-state index is 12.5. The molecule has 21 heavy (non-hydrogen) atoms. The van der Waals surface area contributed by atoms with Crippen LogP contribution in [0.4, 0.5) is 10.9 Å². The highest BCUT2D eigenvalue weighted by molar-refractivity contribution is 7.18. The Labute approximate surface area is 128 Å². The SMILES string of the molecule is CN(CC1CCCCO1)C(=O)c1sc(NC2CC2)nc1N. The van der Waals surface area contributed by atoms with Crippen LogP contribution in [-0.2, 0) is 4.74 Å². The van der Waals surface area contributed by atoms with E-state index in [1.54, 1.807) is 11.9 Å². The molecule has 1 aromatic heterocycles. The zero-order valence-electron chi connectivity index (χ0n) is 12.3. The van der Waals surface area contributed by atoms with Crippen LogP contribution < -0.4 is 11.1 Å². The van der Waals surface area contributed by atoms with E-state index in [0.29, 0.717) is 23.3 Å². The van der Waals surface area contributed by atoms with E-state index in [2.05, 4.69) is 10.3 Å². The number of amides is 1. The predicted molar refractivity (Wildman–Crippen MR) is 83.7 cm³/mol. The number of carbonyl (C=O) groups excluding carboxylic acids is 1. The maximum Gasteiger partial charge on any atom is 0.267 e. The lowest BCUT2D eigenvalue weighted by atomic mass is 10.1. The number of nitrogens with zero attached hydrogens (tertiary/aromatic N) is 2. The number of ether oxygens (including phenoxy) is 1. The van der Waals surface area contributed by atoms with Crippen molar-refractivity contribution in [1.82, 2.24) is 9.88 Å². The van der Waals surface area contributed by atoms with Crippen LogP contribution in [0.15, 0.2) is 0 Å². The molecular formula is C14H22N4O2S. The second kappa shape index (κ2) is 6.19. The number of hydrogen-bond acceptors (Lipinski definition) is 6. The predicted octanol–water partition coefficient (Wildman–Crippen LogP) is 1.94. The highest BCUT2D eigenvalue weighted by atomic mass is 32.1. The lowest BCUT2D eigenvalue weighted by Gasteiger charge is -2.27. The molecule has 2 aliphatic rings. The molecule has 1 amide bonds. The van der Waals surface area contributed by atoms with Gasteiger partial charge in [-0.3, -0.25) is 4.79 Å². The average molecular weight is 310 g/mol. The number of nitrogens with one attached hydrogen (secondary N) is 1. The number of hydrogen-bond donors (Lipinski definition) is 2. The number of anilines is 2. The van der Waals surface area contributed by atoms with Gasteiger partial charge in [-0.25, -0.2) is 4.98 Å². The molecule has 2 heterocycles. The van der Waals surface area contributed by atoms with Crippen LogP contribution in [0.2, 0.25) is 0 Å². The summed E-state index contributed by atoms with van der Waals surface area (Å²) in [6, 6.07) is 0.506. The van der Waals surface area contributed by atoms with Crippen molar-refractivity contribution < 1.29 is 9.53 Å². The number of aromatic nitrogens is 1. The molecule has 7 heteroatoms. The number of rotatable bonds is 5. The van der Waals surface area contributed by atoms with Crippen LogP contribution in [0.1, 0.15) is 41.8 Å². The zero-order valence-corrected chi connectivity index (χ0v) is 13.1. The van der Waals surface area contributed by atoms with Crippen LogP contribution in [-0.4, -0.2) is 48.1 Å². The van der Waals surface area contributed by atoms with Crippen molar-refractivity contribution in [2.24, 2.45) is 0 Å². The van der Waals surface area contributed by atoms with Crippen molar-refractivity contribution in [3.05, 3.63) is 4.88 Å². The summed E-state index contributed by atoms with van der Waals surface area (Å²) in [6.07, 6.45) is 5.79. The molecule has 1 aromatic rings. The highest BCUT2D eigenvalue weighted by Gasteiger charge is 2.26. The number of carbonyl (C=O) groups is 1. The quantitative estimate of drug-likeness (QED) is 0.869. The number of nitrogens with two attached hydrogens (primary N) is 1. The summed E-state index contributed by atoms with van der Waals surface area (Å²) in [7, 11) is 1.80. The van der Waals surface area contributed by atoms with Gasteiger partial charge in [0, 0.05) is 26.2 Å². The van der Waals surface area contributed by atoms with Gasteiger partial charge in [-0.1, -0.05) is 11.3 Å². The topological polar surface area (TPSA) is 80.5 Å². The Morgan fingerprint density at radius 2 is 2.29 bits per heavy atom. The van der Waals surface area contributed by atoms with Gasteiger partial charge in [-0.05, 0) is 32.1 Å². The van der Waals surface area contributed by atoms with E-state index in [4.69, 9.17) is 10.5 Å². The first kappa shape index (κ1) is 14.6. The van der Waals surface area contributed by atoms with Gasteiger partial charge in [0.15, 0.2) is 5.13 Å². The van der Waals surface area contributed by atoms with Crippen LogP contribution in [0.3, 0.4) is 0 Å². The van der Waals surface area contributed by atoms with Gasteiger partial charge >= 0.3 is 0 Å². The summed E-state index contributed by atoms with van der Waals surface area (Å²) in [5, 5.41) is 4.03. The van der Waals surface area contributed by atoms with Crippen molar-refractivity contribution in [2.75, 3.05) is 31.2 Å². The summed E-state index contributed by atoms with van der Waals surface area (Å²) in [5.41, 5.74) is 5.89. The van der Waals surface area contributed by atoms with Crippen molar-refractivity contribution in [3.8, 4) is 0 Å². The van der Waals surface area contributed by atoms with Crippen molar-refractivity contribution >= 4 is 28.2 Å². The average Bonchev–Trinajstić information content (AvgIpc) is 3.21. The summed E-state index contributed by atoms with van der Waals surface area (Å²) >= 11 is 1.35. The van der Waals surface area contributed by atoms with Crippen molar-refractivity contribution in [3.63, 3.8) is 0 Å². The highest BCUT2D eigenvalue weighted by Crippen LogP contribution is 2.31. The monoisotopic (exact) mass is 310 g/mol. The largest absolute Gasteiger partial charge is 0.382 e. The zero-order chi connectivity index (χ0) is 14.8. The fraction of sp³-hybridized carbons (Fsp3) is 0.714. The summed E-state index contributed by atoms with van der Waals surface area (Å²) in [4.78, 5) is 19.0. The van der Waals surface area contributed by atoms with Crippen LogP contribution >= 0.6 is 11.3 Å². The van der Waals surface area contributed by atoms with Crippen LogP contribution in [0, 0.1) is 0 Å². The lowest BCUT2D eigenvalue weighted by Crippen LogP contribution is -2.37. The molecule has 0 radical (unpaired) electrons. The van der Waals surface area contributed by atoms with E-state index in [9.17, 15) is 4.79 Å². The van der Waals surface area contributed by atoms with E-state index >= 15 is 0 Å². The molecule has 1 saturated heterocycles. The molecule has 6 nitrogen and oxygen atoms in total. The maximum absolute atomic E-state index is 12.5. The first-order chi connectivity index (χ1) is 10.1. The Kier molecular flexibility index (Phi) is 4.30. The fourth-order valence-electron chi connectivity index (χ4n) is 2.46. The molecule has 0 spiro atoms. The number of likely N-dealkylation sites (N-methyl/N-ethyl adjacent to an activating group) is 1. The number of thiazole rings is 1. The molecule has 1 aliphatic heterocycles. The molecule has 0 bridgehead atoms. The third-order valence-electron chi connectivity index (χ3n) is 3.85. The van der Waals surface area contributed by atoms with E-state index < -0.39 is 0 Å². The second-order valence-corrected chi connectivity index (χ2v) is 6.83. The molecule has 2 fully saturated rings. The molecule has 0 aromatic carbocycles. The van der Waals surface area contributed by atoms with Gasteiger partial charge in [-0.15, -0.1) is 0 Å². The van der Waals surface area contributed by atoms with E-state index in [1.165, 1.54) is 30.6 Å².